The fourth-order valence-electron chi connectivity index (χ4n) is 4.13. The second kappa shape index (κ2) is 8.75. The van der Waals surface area contributed by atoms with Crippen LogP contribution >= 0.6 is 24.0 Å². The van der Waals surface area contributed by atoms with Crippen LogP contribution in [0.25, 0.3) is 40.1 Å². The second-order valence-electron chi connectivity index (χ2n) is 7.68. The van der Waals surface area contributed by atoms with E-state index in [1.807, 2.05) is 89.3 Å². The number of halogens is 2. The van der Waals surface area contributed by atoms with Gasteiger partial charge in [0.15, 0.2) is 17.1 Å². The molecule has 0 N–H and O–H groups in total. The van der Waals surface area contributed by atoms with Crippen LogP contribution in [-0.2, 0) is 0 Å². The number of nitrogens with zero attached hydrogens (tertiary/aromatic N) is 3. The molecule has 0 fully saturated rings. The van der Waals surface area contributed by atoms with Gasteiger partial charge in [-0.05, 0) is 59.2 Å². The van der Waals surface area contributed by atoms with Crippen molar-refractivity contribution in [1.82, 2.24) is 9.38 Å². The molecule has 3 aromatic carbocycles. The predicted octanol–water partition coefficient (Wildman–Crippen LogP) is 7.00. The van der Waals surface area contributed by atoms with Gasteiger partial charge in [0.1, 0.15) is 11.6 Å². The Kier molecular flexibility index (Phi) is 5.62. The standard InChI is InChI=1S/C27H16ClN3O2.ClH/c28-20-10-8-18(9-11-20)24-14-19(7-5-17-6-12-25-26(13-17)33-16-32-25)21(15-29)27-30-22-3-1-2-4-23(22)31(24)27;/h1-14H,16H2;1H/b7-5+;. The Labute approximate surface area is 206 Å². The Morgan fingerprint density at radius 3 is 2.56 bits per heavy atom. The van der Waals surface area contributed by atoms with E-state index in [0.29, 0.717) is 16.2 Å². The first-order chi connectivity index (χ1) is 16.2. The number of hydrogen-bond acceptors (Lipinski definition) is 4. The van der Waals surface area contributed by atoms with Crippen LogP contribution in [-0.4, -0.2) is 16.2 Å². The highest BCUT2D eigenvalue weighted by molar-refractivity contribution is 6.30. The topological polar surface area (TPSA) is 59.5 Å². The molecule has 2 aromatic heterocycles. The zero-order chi connectivity index (χ0) is 22.4. The maximum absolute atomic E-state index is 10.1. The van der Waals surface area contributed by atoms with Gasteiger partial charge in [0.05, 0.1) is 16.7 Å². The molecule has 0 bridgehead atoms. The Morgan fingerprint density at radius 2 is 1.74 bits per heavy atom. The minimum absolute atomic E-state index is 0. The van der Waals surface area contributed by atoms with E-state index in [9.17, 15) is 5.26 Å². The first-order valence-electron chi connectivity index (χ1n) is 10.4. The number of nitriles is 1. The number of hydrogen-bond donors (Lipinski definition) is 0. The molecule has 6 rings (SSSR count). The highest BCUT2D eigenvalue weighted by Gasteiger charge is 2.17. The summed E-state index contributed by atoms with van der Waals surface area (Å²) >= 11 is 6.14. The van der Waals surface area contributed by atoms with Crippen LogP contribution in [0.15, 0.2) is 72.8 Å². The van der Waals surface area contributed by atoms with Crippen molar-refractivity contribution in [2.75, 3.05) is 6.79 Å². The van der Waals surface area contributed by atoms with Crippen molar-refractivity contribution in [3.63, 3.8) is 0 Å². The molecule has 1 aliphatic heterocycles. The Hall–Kier alpha value is -3.98. The highest BCUT2D eigenvalue weighted by Crippen LogP contribution is 2.34. The first-order valence-corrected chi connectivity index (χ1v) is 10.8. The fourth-order valence-corrected chi connectivity index (χ4v) is 4.26. The monoisotopic (exact) mass is 485 g/mol. The van der Waals surface area contributed by atoms with Crippen molar-refractivity contribution in [3.8, 4) is 28.8 Å². The van der Waals surface area contributed by atoms with Gasteiger partial charge in [-0.3, -0.25) is 4.40 Å². The molecule has 5 aromatic rings. The van der Waals surface area contributed by atoms with E-state index < -0.39 is 0 Å². The van der Waals surface area contributed by atoms with Crippen molar-refractivity contribution in [1.29, 1.82) is 5.26 Å². The van der Waals surface area contributed by atoms with E-state index in [0.717, 1.165) is 44.9 Å². The van der Waals surface area contributed by atoms with Crippen LogP contribution in [0.2, 0.25) is 5.02 Å². The molecule has 0 atom stereocenters. The van der Waals surface area contributed by atoms with Crippen LogP contribution in [0.4, 0.5) is 0 Å². The minimum Gasteiger partial charge on any atom is -0.454 e. The third-order valence-electron chi connectivity index (χ3n) is 5.71. The normalized spacial score (nSPS) is 12.2. The van der Waals surface area contributed by atoms with Gasteiger partial charge >= 0.3 is 0 Å². The van der Waals surface area contributed by atoms with E-state index in [-0.39, 0.29) is 19.2 Å². The van der Waals surface area contributed by atoms with E-state index in [1.54, 1.807) is 0 Å². The van der Waals surface area contributed by atoms with Crippen molar-refractivity contribution in [2.24, 2.45) is 0 Å². The summed E-state index contributed by atoms with van der Waals surface area (Å²) < 4.78 is 12.9. The van der Waals surface area contributed by atoms with Gasteiger partial charge < -0.3 is 9.47 Å². The molecule has 34 heavy (non-hydrogen) atoms. The van der Waals surface area contributed by atoms with Crippen molar-refractivity contribution < 1.29 is 9.47 Å². The lowest BCUT2D eigenvalue weighted by Gasteiger charge is -2.11. The lowest BCUT2D eigenvalue weighted by Crippen LogP contribution is -1.98. The SMILES string of the molecule is Cl.N#Cc1c(/C=C/c2ccc3c(c2)OCO3)cc(-c2ccc(Cl)cc2)n2c1nc1ccccc12. The Balaban J connectivity index is 0.00000241. The van der Waals surface area contributed by atoms with E-state index in [2.05, 4.69) is 6.07 Å². The molecule has 0 amide bonds. The van der Waals surface area contributed by atoms with Crippen molar-refractivity contribution in [2.45, 2.75) is 0 Å². The zero-order valence-electron chi connectivity index (χ0n) is 17.7. The first kappa shape index (κ1) is 21.8. The van der Waals surface area contributed by atoms with Crippen LogP contribution in [0, 0.1) is 11.3 Å². The van der Waals surface area contributed by atoms with Gasteiger partial charge in [0.25, 0.3) is 0 Å². The summed E-state index contributed by atoms with van der Waals surface area (Å²) in [7, 11) is 0. The van der Waals surface area contributed by atoms with Crippen LogP contribution in [0.3, 0.4) is 0 Å². The molecule has 0 aliphatic carbocycles. The van der Waals surface area contributed by atoms with E-state index >= 15 is 0 Å². The van der Waals surface area contributed by atoms with Gasteiger partial charge in [-0.1, -0.05) is 54.1 Å². The summed E-state index contributed by atoms with van der Waals surface area (Å²) in [5, 5.41) is 10.7. The molecule has 0 radical (unpaired) electrons. The summed E-state index contributed by atoms with van der Waals surface area (Å²) in [5.74, 6) is 1.45. The van der Waals surface area contributed by atoms with Gasteiger partial charge in [-0.2, -0.15) is 5.26 Å². The number of fused-ring (bicyclic) bond motifs is 4. The molecule has 0 unspecified atom stereocenters. The average molecular weight is 486 g/mol. The maximum atomic E-state index is 10.1. The average Bonchev–Trinajstić information content (AvgIpc) is 3.47. The molecule has 5 nitrogen and oxygen atoms in total. The summed E-state index contributed by atoms with van der Waals surface area (Å²) in [4.78, 5) is 4.80. The molecule has 0 saturated heterocycles. The number of rotatable bonds is 3. The van der Waals surface area contributed by atoms with E-state index in [1.165, 1.54) is 0 Å². The number of pyridine rings is 1. The smallest absolute Gasteiger partial charge is 0.231 e. The third kappa shape index (κ3) is 3.63. The number of para-hydroxylation sites is 2. The highest BCUT2D eigenvalue weighted by atomic mass is 35.5. The van der Waals surface area contributed by atoms with Crippen LogP contribution in [0.1, 0.15) is 16.7 Å². The number of ether oxygens (including phenoxy) is 2. The number of aromatic nitrogens is 2. The molecule has 166 valence electrons. The minimum atomic E-state index is 0. The summed E-state index contributed by atoms with van der Waals surface area (Å²) in [6.45, 7) is 0.232. The van der Waals surface area contributed by atoms with Gasteiger partial charge in [0, 0.05) is 5.02 Å². The quantitative estimate of drug-likeness (QED) is 0.276. The van der Waals surface area contributed by atoms with Crippen molar-refractivity contribution in [3.05, 3.63) is 94.5 Å². The molecule has 3 heterocycles. The van der Waals surface area contributed by atoms with E-state index in [4.69, 9.17) is 26.1 Å². The summed E-state index contributed by atoms with van der Waals surface area (Å²) in [6, 6.07) is 25.7. The molecule has 1 aliphatic rings. The van der Waals surface area contributed by atoms with Crippen LogP contribution in [0.5, 0.6) is 11.5 Å². The van der Waals surface area contributed by atoms with Gasteiger partial charge in [-0.15, -0.1) is 12.4 Å². The molecular formula is C27H17Cl2N3O2. The fraction of sp³-hybridized carbons (Fsp3) is 0.0370. The lowest BCUT2D eigenvalue weighted by molar-refractivity contribution is 0.174. The third-order valence-corrected chi connectivity index (χ3v) is 5.96. The van der Waals surface area contributed by atoms with Gasteiger partial charge in [0.2, 0.25) is 6.79 Å². The molecule has 0 spiro atoms. The summed E-state index contributed by atoms with van der Waals surface area (Å²) in [5.41, 5.74) is 6.56. The maximum Gasteiger partial charge on any atom is 0.231 e. The molecule has 7 heteroatoms. The zero-order valence-corrected chi connectivity index (χ0v) is 19.3. The Morgan fingerprint density at radius 1 is 0.941 bits per heavy atom. The van der Waals surface area contributed by atoms with Crippen LogP contribution < -0.4 is 9.47 Å². The summed E-state index contributed by atoms with van der Waals surface area (Å²) in [6.07, 6.45) is 3.90. The van der Waals surface area contributed by atoms with Crippen molar-refractivity contribution >= 4 is 52.8 Å². The predicted molar refractivity (Wildman–Crippen MR) is 137 cm³/mol. The van der Waals surface area contributed by atoms with Gasteiger partial charge in [-0.25, -0.2) is 4.98 Å². The molecule has 0 saturated carbocycles. The largest absolute Gasteiger partial charge is 0.454 e. The lowest BCUT2D eigenvalue weighted by atomic mass is 10.0. The number of imidazole rings is 1. The number of benzene rings is 3. The second-order valence-corrected chi connectivity index (χ2v) is 8.12. The molecular weight excluding hydrogens is 469 g/mol. The Bertz CT molecular complexity index is 1620.